The van der Waals surface area contributed by atoms with E-state index in [-0.39, 0.29) is 11.8 Å². The maximum atomic E-state index is 13.3. The fraction of sp³-hybridized carbons (Fsp3) is 0.474. The van der Waals surface area contributed by atoms with Gasteiger partial charge in [-0.3, -0.25) is 14.5 Å². The zero-order valence-electron chi connectivity index (χ0n) is 15.5. The van der Waals surface area contributed by atoms with E-state index in [0.29, 0.717) is 56.1 Å². The van der Waals surface area contributed by atoms with Gasteiger partial charge in [-0.1, -0.05) is 19.1 Å². The van der Waals surface area contributed by atoms with Gasteiger partial charge in [0.25, 0.3) is 11.8 Å². The minimum absolute atomic E-state index is 0.302. The number of amides is 2. The fourth-order valence-electron chi connectivity index (χ4n) is 2.90. The SMILES string of the molecule is CCCN1C(=O)C(c2ccc(F)cc2)=C(N(CCOC)CCOC)C1=O. The molecule has 0 bridgehead atoms. The number of hydrogen-bond acceptors (Lipinski definition) is 5. The molecule has 0 saturated carbocycles. The summed E-state index contributed by atoms with van der Waals surface area (Å²) in [6.07, 6.45) is 0.664. The van der Waals surface area contributed by atoms with E-state index in [2.05, 4.69) is 0 Å². The summed E-state index contributed by atoms with van der Waals surface area (Å²) in [5, 5.41) is 0. The molecule has 1 aromatic carbocycles. The predicted octanol–water partition coefficient (Wildman–Crippen LogP) is 1.91. The summed E-state index contributed by atoms with van der Waals surface area (Å²) in [5.74, 6) is -1.07. The quantitative estimate of drug-likeness (QED) is 0.594. The highest BCUT2D eigenvalue weighted by Gasteiger charge is 2.40. The molecular weight excluding hydrogens is 339 g/mol. The van der Waals surface area contributed by atoms with E-state index in [1.807, 2.05) is 11.8 Å². The van der Waals surface area contributed by atoms with Crippen LogP contribution >= 0.6 is 0 Å². The first kappa shape index (κ1) is 20.1. The monoisotopic (exact) mass is 364 g/mol. The van der Waals surface area contributed by atoms with E-state index in [4.69, 9.17) is 9.47 Å². The van der Waals surface area contributed by atoms with Crippen LogP contribution in [0.25, 0.3) is 5.57 Å². The van der Waals surface area contributed by atoms with Gasteiger partial charge in [-0.05, 0) is 24.1 Å². The molecule has 0 atom stereocenters. The van der Waals surface area contributed by atoms with Gasteiger partial charge in [-0.15, -0.1) is 0 Å². The third-order valence-electron chi connectivity index (χ3n) is 4.17. The summed E-state index contributed by atoms with van der Waals surface area (Å²) in [7, 11) is 3.16. The number of benzene rings is 1. The second-order valence-corrected chi connectivity index (χ2v) is 5.97. The number of methoxy groups -OCH3 is 2. The average Bonchev–Trinajstić information content (AvgIpc) is 2.88. The van der Waals surface area contributed by atoms with Crippen LogP contribution in [0.2, 0.25) is 0 Å². The molecule has 7 heteroatoms. The summed E-state index contributed by atoms with van der Waals surface area (Å²) >= 11 is 0. The lowest BCUT2D eigenvalue weighted by Gasteiger charge is -2.25. The van der Waals surface area contributed by atoms with E-state index in [1.54, 1.807) is 14.2 Å². The van der Waals surface area contributed by atoms with Crippen LogP contribution in [0.4, 0.5) is 4.39 Å². The number of nitrogens with zero attached hydrogens (tertiary/aromatic N) is 2. The van der Waals surface area contributed by atoms with Crippen molar-refractivity contribution >= 4 is 17.4 Å². The van der Waals surface area contributed by atoms with Crippen molar-refractivity contribution in [2.75, 3.05) is 47.1 Å². The van der Waals surface area contributed by atoms with Gasteiger partial charge >= 0.3 is 0 Å². The molecule has 1 aliphatic rings. The second kappa shape index (κ2) is 9.45. The van der Waals surface area contributed by atoms with Gasteiger partial charge in [0.15, 0.2) is 0 Å². The van der Waals surface area contributed by atoms with Crippen LogP contribution in [-0.2, 0) is 19.1 Å². The summed E-state index contributed by atoms with van der Waals surface area (Å²) in [6.45, 7) is 3.94. The molecule has 0 saturated heterocycles. The van der Waals surface area contributed by atoms with Crippen molar-refractivity contribution in [1.29, 1.82) is 0 Å². The number of halogens is 1. The van der Waals surface area contributed by atoms with Crippen molar-refractivity contribution in [2.45, 2.75) is 13.3 Å². The topological polar surface area (TPSA) is 59.1 Å². The normalized spacial score (nSPS) is 14.5. The molecule has 0 radical (unpaired) electrons. The molecular formula is C19H25FN2O4. The van der Waals surface area contributed by atoms with Crippen LogP contribution in [0.1, 0.15) is 18.9 Å². The van der Waals surface area contributed by atoms with Crippen LogP contribution in [0, 0.1) is 5.82 Å². The molecule has 0 aromatic heterocycles. The minimum atomic E-state index is -0.395. The maximum Gasteiger partial charge on any atom is 0.277 e. The largest absolute Gasteiger partial charge is 0.383 e. The van der Waals surface area contributed by atoms with Gasteiger partial charge in [0, 0.05) is 33.9 Å². The number of ether oxygens (including phenoxy) is 2. The van der Waals surface area contributed by atoms with Crippen molar-refractivity contribution in [3.63, 3.8) is 0 Å². The highest BCUT2D eigenvalue weighted by molar-refractivity contribution is 6.35. The summed E-state index contributed by atoms with van der Waals surface area (Å²) in [4.78, 5) is 28.9. The van der Waals surface area contributed by atoms with Crippen LogP contribution in [0.15, 0.2) is 30.0 Å². The van der Waals surface area contributed by atoms with Crippen LogP contribution in [0.5, 0.6) is 0 Å². The first-order valence-electron chi connectivity index (χ1n) is 8.64. The van der Waals surface area contributed by atoms with E-state index in [1.165, 1.54) is 29.2 Å². The molecule has 1 aromatic rings. The van der Waals surface area contributed by atoms with Crippen molar-refractivity contribution in [3.8, 4) is 0 Å². The van der Waals surface area contributed by atoms with Crippen LogP contribution in [0.3, 0.4) is 0 Å². The molecule has 0 aliphatic carbocycles. The molecule has 1 heterocycles. The van der Waals surface area contributed by atoms with Crippen molar-refractivity contribution in [3.05, 3.63) is 41.3 Å². The van der Waals surface area contributed by atoms with E-state index in [9.17, 15) is 14.0 Å². The summed E-state index contributed by atoms with van der Waals surface area (Å²) in [5.41, 5.74) is 1.15. The molecule has 142 valence electrons. The first-order valence-corrected chi connectivity index (χ1v) is 8.64. The Balaban J connectivity index is 2.51. The number of hydrogen-bond donors (Lipinski definition) is 0. The van der Waals surface area contributed by atoms with Gasteiger partial charge in [-0.2, -0.15) is 0 Å². The summed E-state index contributed by atoms with van der Waals surface area (Å²) in [6, 6.07) is 5.62. The standard InChI is InChI=1S/C19H25FN2O4/c1-4-9-22-18(23)16(14-5-7-15(20)8-6-14)17(19(22)24)21(10-12-25-2)11-13-26-3/h5-8H,4,9-13H2,1-3H3. The molecule has 0 N–H and O–H groups in total. The van der Waals surface area contributed by atoms with Gasteiger partial charge < -0.3 is 14.4 Å². The third-order valence-corrected chi connectivity index (χ3v) is 4.17. The highest BCUT2D eigenvalue weighted by Crippen LogP contribution is 2.31. The summed E-state index contributed by atoms with van der Waals surface area (Å²) < 4.78 is 23.6. The van der Waals surface area contributed by atoms with Crippen LogP contribution in [-0.4, -0.2) is 68.7 Å². The molecule has 0 unspecified atom stereocenters. The molecule has 0 fully saturated rings. The lowest BCUT2D eigenvalue weighted by molar-refractivity contribution is -0.137. The van der Waals surface area contributed by atoms with Crippen molar-refractivity contribution in [2.24, 2.45) is 0 Å². The molecule has 2 amide bonds. The van der Waals surface area contributed by atoms with Gasteiger partial charge in [-0.25, -0.2) is 4.39 Å². The van der Waals surface area contributed by atoms with Crippen molar-refractivity contribution < 1.29 is 23.5 Å². The molecule has 2 rings (SSSR count). The lowest BCUT2D eigenvalue weighted by Crippen LogP contribution is -2.38. The fourth-order valence-corrected chi connectivity index (χ4v) is 2.90. The zero-order chi connectivity index (χ0) is 19.1. The average molecular weight is 364 g/mol. The minimum Gasteiger partial charge on any atom is -0.383 e. The third kappa shape index (κ3) is 4.28. The van der Waals surface area contributed by atoms with E-state index < -0.39 is 5.82 Å². The first-order chi connectivity index (χ1) is 12.5. The highest BCUT2D eigenvalue weighted by atomic mass is 19.1. The van der Waals surface area contributed by atoms with Crippen LogP contribution < -0.4 is 0 Å². The van der Waals surface area contributed by atoms with Gasteiger partial charge in [0.05, 0.1) is 18.8 Å². The molecule has 0 spiro atoms. The molecule has 26 heavy (non-hydrogen) atoms. The zero-order valence-corrected chi connectivity index (χ0v) is 15.5. The maximum absolute atomic E-state index is 13.3. The Hall–Kier alpha value is -2.25. The number of rotatable bonds is 10. The Morgan fingerprint density at radius 1 is 1.00 bits per heavy atom. The van der Waals surface area contributed by atoms with Gasteiger partial charge in [0.1, 0.15) is 11.5 Å². The van der Waals surface area contributed by atoms with E-state index in [0.717, 1.165) is 0 Å². The number of imide groups is 1. The number of carbonyl (C=O) groups is 2. The Kier molecular flexibility index (Phi) is 7.29. The Morgan fingerprint density at radius 2 is 1.58 bits per heavy atom. The second-order valence-electron chi connectivity index (χ2n) is 5.97. The Morgan fingerprint density at radius 3 is 2.08 bits per heavy atom. The smallest absolute Gasteiger partial charge is 0.277 e. The van der Waals surface area contributed by atoms with Crippen molar-refractivity contribution in [1.82, 2.24) is 9.80 Å². The molecule has 1 aliphatic heterocycles. The Labute approximate surface area is 153 Å². The number of carbonyl (C=O) groups excluding carboxylic acids is 2. The lowest BCUT2D eigenvalue weighted by atomic mass is 10.0. The van der Waals surface area contributed by atoms with Gasteiger partial charge in [0.2, 0.25) is 0 Å². The van der Waals surface area contributed by atoms with E-state index >= 15 is 0 Å². The Bertz CT molecular complexity index is 665. The predicted molar refractivity (Wildman–Crippen MR) is 95.7 cm³/mol. The molecule has 6 nitrogen and oxygen atoms in total.